The van der Waals surface area contributed by atoms with E-state index in [1.807, 2.05) is 0 Å². The molecule has 5 unspecified atom stereocenters. The molecule has 194 valence electrons. The van der Waals surface area contributed by atoms with Crippen LogP contribution in [0.2, 0.25) is 0 Å². The number of carbonyl (C=O) groups is 5. The van der Waals surface area contributed by atoms with Crippen LogP contribution < -0.4 is 21.7 Å². The number of hydrogen-bond acceptors (Lipinski definition) is 7. The SMILES string of the molecule is CCC(C)C(NC(=O)C(CS)NC(=O)C(Cc1ccccc1)NC(=O)C(N)CCC(=O)O)C(=O)O. The zero-order valence-electron chi connectivity index (χ0n) is 19.8. The number of hydrogen-bond donors (Lipinski definition) is 7. The van der Waals surface area contributed by atoms with Crippen molar-refractivity contribution in [3.05, 3.63) is 35.9 Å². The number of aliphatic carboxylic acids is 2. The summed E-state index contributed by atoms with van der Waals surface area (Å²) in [5.41, 5.74) is 6.49. The van der Waals surface area contributed by atoms with Crippen LogP contribution in [0, 0.1) is 5.92 Å². The molecule has 3 amide bonds. The fraction of sp³-hybridized carbons (Fsp3) is 0.522. The van der Waals surface area contributed by atoms with E-state index in [4.69, 9.17) is 10.8 Å². The van der Waals surface area contributed by atoms with Crippen molar-refractivity contribution < 1.29 is 34.2 Å². The second-order valence-corrected chi connectivity index (χ2v) is 8.61. The van der Waals surface area contributed by atoms with Gasteiger partial charge in [0.05, 0.1) is 6.04 Å². The fourth-order valence-electron chi connectivity index (χ4n) is 3.15. The van der Waals surface area contributed by atoms with Gasteiger partial charge in [-0.05, 0) is 17.9 Å². The van der Waals surface area contributed by atoms with Crippen molar-refractivity contribution in [1.82, 2.24) is 16.0 Å². The number of carbonyl (C=O) groups excluding carboxylic acids is 3. The molecule has 0 heterocycles. The summed E-state index contributed by atoms with van der Waals surface area (Å²) in [6, 6.07) is 4.24. The Labute approximate surface area is 209 Å². The number of nitrogens with one attached hydrogen (secondary N) is 3. The molecule has 11 nitrogen and oxygen atoms in total. The van der Waals surface area contributed by atoms with E-state index in [1.165, 1.54) is 0 Å². The van der Waals surface area contributed by atoms with E-state index in [9.17, 15) is 29.1 Å². The van der Waals surface area contributed by atoms with E-state index in [2.05, 4.69) is 28.6 Å². The van der Waals surface area contributed by atoms with E-state index >= 15 is 0 Å². The first-order chi connectivity index (χ1) is 16.5. The molecule has 0 aromatic heterocycles. The zero-order chi connectivity index (χ0) is 26.5. The molecule has 0 aliphatic heterocycles. The number of thiol groups is 1. The monoisotopic (exact) mass is 510 g/mol. The molecule has 1 rings (SSSR count). The molecule has 0 bridgehead atoms. The highest BCUT2D eigenvalue weighted by molar-refractivity contribution is 7.80. The maximum atomic E-state index is 13.1. The van der Waals surface area contributed by atoms with Crippen LogP contribution >= 0.6 is 12.6 Å². The minimum Gasteiger partial charge on any atom is -0.481 e. The van der Waals surface area contributed by atoms with E-state index in [0.29, 0.717) is 6.42 Å². The molecule has 0 radical (unpaired) electrons. The van der Waals surface area contributed by atoms with Gasteiger partial charge in [-0.3, -0.25) is 19.2 Å². The van der Waals surface area contributed by atoms with Gasteiger partial charge in [0.1, 0.15) is 18.1 Å². The van der Waals surface area contributed by atoms with Gasteiger partial charge in [0.15, 0.2) is 0 Å². The van der Waals surface area contributed by atoms with Crippen LogP contribution in [0.15, 0.2) is 30.3 Å². The molecule has 1 aromatic rings. The van der Waals surface area contributed by atoms with Crippen molar-refractivity contribution in [2.24, 2.45) is 11.7 Å². The zero-order valence-corrected chi connectivity index (χ0v) is 20.7. The average molecular weight is 511 g/mol. The van der Waals surface area contributed by atoms with Crippen LogP contribution in [0.5, 0.6) is 0 Å². The van der Waals surface area contributed by atoms with Gasteiger partial charge in [-0.2, -0.15) is 12.6 Å². The second kappa shape index (κ2) is 15.0. The summed E-state index contributed by atoms with van der Waals surface area (Å²) in [5.74, 6) is -4.88. The lowest BCUT2D eigenvalue weighted by atomic mass is 9.99. The van der Waals surface area contributed by atoms with E-state index in [0.717, 1.165) is 5.56 Å². The number of benzene rings is 1. The molecule has 0 spiro atoms. The van der Waals surface area contributed by atoms with Gasteiger partial charge in [0.2, 0.25) is 17.7 Å². The molecule has 0 aliphatic rings. The molecule has 0 aliphatic carbocycles. The number of amides is 3. The molecular formula is C23H34N4O7S. The van der Waals surface area contributed by atoms with Crippen molar-refractivity contribution in [3.8, 4) is 0 Å². The molecule has 1 aromatic carbocycles. The van der Waals surface area contributed by atoms with Crippen LogP contribution in [0.1, 0.15) is 38.7 Å². The smallest absolute Gasteiger partial charge is 0.326 e. The number of carboxylic acids is 2. The molecule has 0 saturated carbocycles. The Balaban J connectivity index is 2.99. The van der Waals surface area contributed by atoms with Crippen molar-refractivity contribution in [1.29, 1.82) is 0 Å². The Morgan fingerprint density at radius 3 is 2.03 bits per heavy atom. The van der Waals surface area contributed by atoms with Crippen LogP contribution in [-0.4, -0.2) is 69.8 Å². The van der Waals surface area contributed by atoms with E-state index in [-0.39, 0.29) is 30.9 Å². The molecule has 12 heteroatoms. The summed E-state index contributed by atoms with van der Waals surface area (Å²) in [6.45, 7) is 3.48. The first kappa shape index (κ1) is 29.9. The van der Waals surface area contributed by atoms with Gasteiger partial charge in [0.25, 0.3) is 0 Å². The van der Waals surface area contributed by atoms with Crippen LogP contribution in [0.4, 0.5) is 0 Å². The third-order valence-electron chi connectivity index (χ3n) is 5.51. The lowest BCUT2D eigenvalue weighted by Crippen LogP contribution is -2.58. The number of carboxylic acid groups (broad SMARTS) is 2. The van der Waals surface area contributed by atoms with Gasteiger partial charge < -0.3 is 31.9 Å². The highest BCUT2D eigenvalue weighted by atomic mass is 32.1. The highest BCUT2D eigenvalue weighted by Gasteiger charge is 2.31. The number of rotatable bonds is 15. The van der Waals surface area contributed by atoms with Crippen molar-refractivity contribution in [3.63, 3.8) is 0 Å². The average Bonchev–Trinajstić information content (AvgIpc) is 2.83. The Bertz CT molecular complexity index is 884. The Morgan fingerprint density at radius 2 is 1.51 bits per heavy atom. The first-order valence-corrected chi connectivity index (χ1v) is 11.9. The molecular weight excluding hydrogens is 476 g/mol. The second-order valence-electron chi connectivity index (χ2n) is 8.24. The fourth-order valence-corrected chi connectivity index (χ4v) is 3.41. The van der Waals surface area contributed by atoms with Gasteiger partial charge in [-0.25, -0.2) is 4.79 Å². The summed E-state index contributed by atoms with van der Waals surface area (Å²) < 4.78 is 0. The maximum Gasteiger partial charge on any atom is 0.326 e. The molecule has 7 N–H and O–H groups in total. The van der Waals surface area contributed by atoms with Crippen molar-refractivity contribution in [2.75, 3.05) is 5.75 Å². The summed E-state index contributed by atoms with van der Waals surface area (Å²) in [4.78, 5) is 60.6. The van der Waals surface area contributed by atoms with Gasteiger partial charge >= 0.3 is 11.9 Å². The minimum atomic E-state index is -1.19. The molecule has 35 heavy (non-hydrogen) atoms. The third kappa shape index (κ3) is 10.4. The lowest BCUT2D eigenvalue weighted by molar-refractivity contribution is -0.143. The van der Waals surface area contributed by atoms with E-state index in [1.54, 1.807) is 44.2 Å². The number of nitrogens with two attached hydrogens (primary N) is 1. The molecule has 0 saturated heterocycles. The van der Waals surface area contributed by atoms with Crippen molar-refractivity contribution >= 4 is 42.3 Å². The van der Waals surface area contributed by atoms with E-state index < -0.39 is 53.8 Å². The first-order valence-electron chi connectivity index (χ1n) is 11.3. The van der Waals surface area contributed by atoms with Gasteiger partial charge in [-0.15, -0.1) is 0 Å². The Hall–Kier alpha value is -3.12. The molecule has 5 atom stereocenters. The summed E-state index contributed by atoms with van der Waals surface area (Å²) in [5, 5.41) is 25.7. The van der Waals surface area contributed by atoms with Crippen LogP contribution in [-0.2, 0) is 30.4 Å². The summed E-state index contributed by atoms with van der Waals surface area (Å²) in [6.07, 6.45) is 0.166. The third-order valence-corrected chi connectivity index (χ3v) is 5.88. The highest BCUT2D eigenvalue weighted by Crippen LogP contribution is 2.09. The quantitative estimate of drug-likeness (QED) is 0.160. The topological polar surface area (TPSA) is 188 Å². The van der Waals surface area contributed by atoms with Gasteiger partial charge in [-0.1, -0.05) is 50.6 Å². The summed E-state index contributed by atoms with van der Waals surface area (Å²) >= 11 is 4.11. The Morgan fingerprint density at radius 1 is 0.943 bits per heavy atom. The predicted molar refractivity (Wildman–Crippen MR) is 132 cm³/mol. The minimum absolute atomic E-state index is 0.0790. The Kier molecular flexibility index (Phi) is 12.8. The van der Waals surface area contributed by atoms with Gasteiger partial charge in [0, 0.05) is 18.6 Å². The van der Waals surface area contributed by atoms with Crippen LogP contribution in [0.3, 0.4) is 0 Å². The lowest BCUT2D eigenvalue weighted by Gasteiger charge is -2.26. The van der Waals surface area contributed by atoms with Crippen LogP contribution in [0.25, 0.3) is 0 Å². The van der Waals surface area contributed by atoms with Crippen molar-refractivity contribution in [2.45, 2.75) is 63.7 Å². The largest absolute Gasteiger partial charge is 0.481 e. The normalized spacial score (nSPS) is 15.1. The predicted octanol–water partition coefficient (Wildman–Crippen LogP) is -0.0639. The standard InChI is InChI=1S/C23H34N4O7S/c1-3-13(2)19(23(33)34)27-22(32)17(12-35)26-21(31)16(11-14-7-5-4-6-8-14)25-20(30)15(24)9-10-18(28)29/h4-8,13,15-17,19,35H,3,9-12,24H2,1-2H3,(H,25,30)(H,26,31)(H,27,32)(H,28,29)(H,33,34). The molecule has 0 fully saturated rings. The summed E-state index contributed by atoms with van der Waals surface area (Å²) in [7, 11) is 0. The maximum absolute atomic E-state index is 13.1.